The minimum absolute atomic E-state index is 0.0146. The van der Waals surface area contributed by atoms with Crippen molar-refractivity contribution in [1.82, 2.24) is 0 Å². The topological polar surface area (TPSA) is 102 Å². The van der Waals surface area contributed by atoms with Crippen LogP contribution in [0.15, 0.2) is 60.8 Å². The lowest BCUT2D eigenvalue weighted by molar-refractivity contribution is -0.889. The number of esters is 2. The Kier molecular flexibility index (Phi) is 33.1. The van der Waals surface area contributed by atoms with E-state index in [1.165, 1.54) is 57.8 Å². The summed E-state index contributed by atoms with van der Waals surface area (Å²) in [6.45, 7) is 4.32. The second-order valence-corrected chi connectivity index (χ2v) is 14.5. The van der Waals surface area contributed by atoms with Crippen molar-refractivity contribution in [1.29, 1.82) is 0 Å². The van der Waals surface area contributed by atoms with Crippen molar-refractivity contribution in [2.45, 2.75) is 161 Å². The summed E-state index contributed by atoms with van der Waals surface area (Å²) in [6.07, 6.45) is 41.5. The highest BCUT2D eigenvalue weighted by molar-refractivity contribution is 5.70. The molecular weight excluding hydrogens is 654 g/mol. The molecule has 8 heteroatoms. The number of carbonyl (C=O) groups is 3. The van der Waals surface area contributed by atoms with Gasteiger partial charge in [0.15, 0.2) is 6.10 Å². The van der Waals surface area contributed by atoms with E-state index < -0.39 is 24.1 Å². The quantitative estimate of drug-likeness (QED) is 0.0277. The molecule has 0 rings (SSSR count). The highest BCUT2D eigenvalue weighted by Crippen LogP contribution is 2.14. The van der Waals surface area contributed by atoms with E-state index in [1.54, 1.807) is 21.1 Å². The average Bonchev–Trinajstić information content (AvgIpc) is 3.09. The van der Waals surface area contributed by atoms with E-state index >= 15 is 0 Å². The fourth-order valence-electron chi connectivity index (χ4n) is 5.56. The number of rotatable bonds is 35. The predicted octanol–water partition coefficient (Wildman–Crippen LogP) is 9.30. The Morgan fingerprint density at radius 1 is 0.577 bits per heavy atom. The van der Waals surface area contributed by atoms with Crippen molar-refractivity contribution in [2.24, 2.45) is 0 Å². The molecule has 52 heavy (non-hydrogen) atoms. The summed E-state index contributed by atoms with van der Waals surface area (Å²) >= 11 is 0. The Hall–Kier alpha value is -2.97. The molecule has 0 bridgehead atoms. The Balaban J connectivity index is 4.20. The van der Waals surface area contributed by atoms with Gasteiger partial charge in [0.1, 0.15) is 12.6 Å². The lowest BCUT2D eigenvalue weighted by Gasteiger charge is -2.34. The van der Waals surface area contributed by atoms with Gasteiger partial charge in [-0.25, -0.2) is 0 Å². The van der Waals surface area contributed by atoms with Crippen LogP contribution >= 0.6 is 0 Å². The minimum Gasteiger partial charge on any atom is -0.544 e. The minimum atomic E-state index is -1.14. The number of quaternary nitrogens is 1. The summed E-state index contributed by atoms with van der Waals surface area (Å²) < 4.78 is 17.0. The molecule has 2 atom stereocenters. The van der Waals surface area contributed by atoms with Gasteiger partial charge in [0.25, 0.3) is 0 Å². The third-order valence-corrected chi connectivity index (χ3v) is 8.66. The van der Waals surface area contributed by atoms with Gasteiger partial charge in [0.05, 0.1) is 40.3 Å². The van der Waals surface area contributed by atoms with Gasteiger partial charge in [-0.1, -0.05) is 132 Å². The molecule has 0 aliphatic heterocycles. The summed E-state index contributed by atoms with van der Waals surface area (Å²) in [5, 5.41) is 11.6. The number of allylic oxidation sites excluding steroid dienone is 10. The first-order valence-electron chi connectivity index (χ1n) is 20.3. The van der Waals surface area contributed by atoms with Crippen LogP contribution in [-0.4, -0.2) is 75.5 Å². The number of ether oxygens (including phenoxy) is 3. The molecule has 0 heterocycles. The molecule has 0 radical (unpaired) electrons. The normalized spacial score (nSPS) is 13.6. The zero-order valence-electron chi connectivity index (χ0n) is 33.7. The number of carbonyl (C=O) groups excluding carboxylic acids is 3. The Morgan fingerprint density at radius 3 is 1.58 bits per heavy atom. The molecule has 0 aliphatic rings. The third kappa shape index (κ3) is 32.9. The van der Waals surface area contributed by atoms with Gasteiger partial charge in [-0.05, 0) is 57.8 Å². The highest BCUT2D eigenvalue weighted by atomic mass is 16.6. The lowest BCUT2D eigenvalue weighted by Crippen LogP contribution is -2.55. The second-order valence-electron chi connectivity index (χ2n) is 14.5. The zero-order chi connectivity index (χ0) is 38.5. The molecular formula is C44H75NO7. The van der Waals surface area contributed by atoms with Gasteiger partial charge >= 0.3 is 11.9 Å². The molecule has 0 saturated carbocycles. The maximum absolute atomic E-state index is 12.5. The van der Waals surface area contributed by atoms with Crippen LogP contribution in [0.3, 0.4) is 0 Å². The van der Waals surface area contributed by atoms with Gasteiger partial charge in [0, 0.05) is 19.3 Å². The Labute approximate surface area is 318 Å². The smallest absolute Gasteiger partial charge is 0.306 e. The van der Waals surface area contributed by atoms with Gasteiger partial charge in [0.2, 0.25) is 0 Å². The van der Waals surface area contributed by atoms with E-state index in [-0.39, 0.29) is 43.1 Å². The monoisotopic (exact) mass is 730 g/mol. The molecule has 0 aromatic heterocycles. The number of hydrogen-bond acceptors (Lipinski definition) is 7. The summed E-state index contributed by atoms with van der Waals surface area (Å²) in [4.78, 5) is 36.5. The maximum Gasteiger partial charge on any atom is 0.306 e. The molecule has 0 aromatic carbocycles. The van der Waals surface area contributed by atoms with Gasteiger partial charge in [-0.3, -0.25) is 9.59 Å². The predicted molar refractivity (Wildman–Crippen MR) is 212 cm³/mol. The van der Waals surface area contributed by atoms with Crippen LogP contribution in [0, 0.1) is 0 Å². The van der Waals surface area contributed by atoms with Crippen molar-refractivity contribution >= 4 is 17.9 Å². The molecule has 0 N–H and O–H groups in total. The number of carboxylic acid groups (broad SMARTS) is 1. The van der Waals surface area contributed by atoms with E-state index in [2.05, 4.69) is 62.5 Å². The van der Waals surface area contributed by atoms with Crippen LogP contribution < -0.4 is 5.11 Å². The summed E-state index contributed by atoms with van der Waals surface area (Å²) in [7, 11) is 5.37. The molecule has 2 unspecified atom stereocenters. The summed E-state index contributed by atoms with van der Waals surface area (Å²) in [5.41, 5.74) is 0. The Bertz CT molecular complexity index is 1040. The molecule has 0 fully saturated rings. The van der Waals surface area contributed by atoms with E-state index in [0.717, 1.165) is 51.4 Å². The number of likely N-dealkylation sites (N-methyl/N-ethyl adjacent to an activating group) is 1. The van der Waals surface area contributed by atoms with Crippen molar-refractivity contribution in [3.8, 4) is 0 Å². The molecule has 0 spiro atoms. The van der Waals surface area contributed by atoms with E-state index in [1.807, 2.05) is 12.2 Å². The second kappa shape index (κ2) is 35.1. The number of unbranched alkanes of at least 4 members (excludes halogenated alkanes) is 11. The van der Waals surface area contributed by atoms with Crippen LogP contribution in [0.1, 0.15) is 149 Å². The van der Waals surface area contributed by atoms with E-state index in [4.69, 9.17) is 14.2 Å². The van der Waals surface area contributed by atoms with Crippen molar-refractivity contribution in [2.75, 3.05) is 41.0 Å². The first-order valence-corrected chi connectivity index (χ1v) is 20.3. The van der Waals surface area contributed by atoms with Crippen molar-refractivity contribution in [3.05, 3.63) is 60.8 Å². The number of carboxylic acids is 1. The lowest BCUT2D eigenvalue weighted by atomic mass is 10.0. The summed E-state index contributed by atoms with van der Waals surface area (Å²) in [5.74, 6) is -1.84. The van der Waals surface area contributed by atoms with Crippen LogP contribution in [0.2, 0.25) is 0 Å². The molecule has 8 nitrogen and oxygen atoms in total. The van der Waals surface area contributed by atoms with E-state index in [0.29, 0.717) is 12.8 Å². The zero-order valence-corrected chi connectivity index (χ0v) is 33.7. The third-order valence-electron chi connectivity index (χ3n) is 8.66. The van der Waals surface area contributed by atoms with E-state index in [9.17, 15) is 19.5 Å². The first kappa shape index (κ1) is 49.0. The van der Waals surface area contributed by atoms with Crippen molar-refractivity contribution in [3.63, 3.8) is 0 Å². The van der Waals surface area contributed by atoms with Crippen molar-refractivity contribution < 1.29 is 38.2 Å². The highest BCUT2D eigenvalue weighted by Gasteiger charge is 2.25. The summed E-state index contributed by atoms with van der Waals surface area (Å²) in [6, 6.07) is -0.734. The standard InChI is InChI=1S/C44H75NO7/c1-6-8-10-12-14-15-16-17-18-19-20-21-22-23-24-25-26-27-29-30-32-34-42(46)51-39-40(38-50-37-36-41(44(48)49)45(3,4)5)52-43(47)35-33-31-28-13-11-9-7-2/h8-11,14-15,17-18,28,31,40-41H,6-7,12-13,16,19-27,29-30,32-39H2,1-5H3/b10-8+,11-9+,15-14+,18-17+,31-28+. The number of hydrogen-bond donors (Lipinski definition) is 0. The first-order chi connectivity index (χ1) is 25.1. The molecule has 298 valence electrons. The van der Waals surface area contributed by atoms with Gasteiger partial charge < -0.3 is 28.6 Å². The van der Waals surface area contributed by atoms with Crippen LogP contribution in [0.4, 0.5) is 0 Å². The molecule has 0 amide bonds. The average molecular weight is 730 g/mol. The molecule has 0 aliphatic carbocycles. The van der Waals surface area contributed by atoms with Crippen LogP contribution in [-0.2, 0) is 28.6 Å². The molecule has 0 aromatic rings. The fourth-order valence-corrected chi connectivity index (χ4v) is 5.56. The maximum atomic E-state index is 12.5. The van der Waals surface area contributed by atoms with Crippen LogP contribution in [0.5, 0.6) is 0 Å². The largest absolute Gasteiger partial charge is 0.544 e. The SMILES string of the molecule is CC/C=C/C/C=C/C/C=C/CCCCCCCCCCCCCC(=O)OCC(COCCC(C(=O)[O-])[N+](C)(C)C)OC(=O)CC/C=C/C/C=C/CC. The van der Waals surface area contributed by atoms with Gasteiger partial charge in [-0.2, -0.15) is 0 Å². The molecule has 0 saturated heterocycles. The van der Waals surface area contributed by atoms with Crippen LogP contribution in [0.25, 0.3) is 0 Å². The fraction of sp³-hybridized carbons (Fsp3) is 0.705. The number of nitrogens with zero attached hydrogens (tertiary/aromatic N) is 1. The number of aliphatic carboxylic acids is 1. The van der Waals surface area contributed by atoms with Gasteiger partial charge in [-0.15, -0.1) is 0 Å². The Morgan fingerprint density at radius 2 is 1.06 bits per heavy atom.